The molecule has 0 aliphatic carbocycles. The fourth-order valence-corrected chi connectivity index (χ4v) is 3.41. The minimum absolute atomic E-state index is 0.154. The molecule has 7 heteroatoms. The molecule has 0 radical (unpaired) electrons. The van der Waals surface area contributed by atoms with Gasteiger partial charge in [0.15, 0.2) is 0 Å². The van der Waals surface area contributed by atoms with Gasteiger partial charge in [0, 0.05) is 10.2 Å². The molecule has 136 valence electrons. The van der Waals surface area contributed by atoms with Gasteiger partial charge >= 0.3 is 0 Å². The molecule has 0 bridgehead atoms. The first-order chi connectivity index (χ1) is 13.0. The lowest BCUT2D eigenvalue weighted by molar-refractivity contribution is 0.0953. The molecular weight excluding hydrogens is 426 g/mol. The van der Waals surface area contributed by atoms with Crippen LogP contribution in [0.25, 0.3) is 0 Å². The second-order valence-corrected chi connectivity index (χ2v) is 7.43. The molecular formula is C20H16BrN3O2S. The van der Waals surface area contributed by atoms with Crippen molar-refractivity contribution in [1.82, 2.24) is 5.43 Å². The summed E-state index contributed by atoms with van der Waals surface area (Å²) in [6.07, 6.45) is 0. The number of rotatable bonds is 5. The first kappa shape index (κ1) is 19.0. The summed E-state index contributed by atoms with van der Waals surface area (Å²) >= 11 is 4.73. The quantitative estimate of drug-likeness (QED) is 0.435. The summed E-state index contributed by atoms with van der Waals surface area (Å²) in [5.74, 6) is -0.456. The second-order valence-electron chi connectivity index (χ2n) is 5.63. The third-order valence-electron chi connectivity index (χ3n) is 3.73. The van der Waals surface area contributed by atoms with E-state index in [-0.39, 0.29) is 11.8 Å². The summed E-state index contributed by atoms with van der Waals surface area (Å²) in [4.78, 5) is 25.1. The van der Waals surface area contributed by atoms with Crippen LogP contribution in [0.15, 0.2) is 75.6 Å². The third-order valence-corrected chi connectivity index (χ3v) is 5.29. The maximum absolute atomic E-state index is 12.2. The second kappa shape index (κ2) is 8.75. The topological polar surface area (TPSA) is 70.6 Å². The molecule has 0 saturated heterocycles. The summed E-state index contributed by atoms with van der Waals surface area (Å²) in [7, 11) is 0. The average molecular weight is 442 g/mol. The molecule has 0 aliphatic rings. The lowest BCUT2D eigenvalue weighted by Gasteiger charge is -2.07. The van der Waals surface area contributed by atoms with Crippen LogP contribution in [0.4, 0.5) is 5.69 Å². The highest BCUT2D eigenvalue weighted by Gasteiger charge is 2.10. The normalized spacial score (nSPS) is 11.1. The largest absolute Gasteiger partial charge is 0.321 e. The van der Waals surface area contributed by atoms with E-state index in [9.17, 15) is 9.59 Å². The first-order valence-corrected chi connectivity index (χ1v) is 9.76. The van der Waals surface area contributed by atoms with Gasteiger partial charge in [0.25, 0.3) is 11.8 Å². The Morgan fingerprint density at radius 3 is 2.56 bits per heavy atom. The molecule has 0 fully saturated rings. The standard InChI is InChI=1S/C20H16BrN3O2S/c1-13(23-24-19(25)16-8-2-3-9-17(16)21)14-6-4-7-15(12-14)22-20(26)18-10-5-11-27-18/h2-12H,1H3,(H,22,26)(H,24,25)/b23-13+. The number of benzene rings is 2. The van der Waals surface area contributed by atoms with Crippen LogP contribution >= 0.6 is 27.3 Å². The Hall–Kier alpha value is -2.77. The molecule has 0 atom stereocenters. The predicted octanol–water partition coefficient (Wildman–Crippen LogP) is 4.92. The Labute approximate surface area is 169 Å². The number of anilines is 1. The number of hydrogen-bond donors (Lipinski definition) is 2. The molecule has 1 heterocycles. The molecule has 0 aliphatic heterocycles. The number of hydrazone groups is 1. The zero-order valence-corrected chi connectivity index (χ0v) is 16.8. The maximum atomic E-state index is 12.2. The van der Waals surface area contributed by atoms with E-state index in [4.69, 9.17) is 0 Å². The van der Waals surface area contributed by atoms with Gasteiger partial charge in [0.1, 0.15) is 0 Å². The number of amides is 2. The smallest absolute Gasteiger partial charge is 0.272 e. The van der Waals surface area contributed by atoms with Gasteiger partial charge in [-0.1, -0.05) is 30.3 Å². The van der Waals surface area contributed by atoms with E-state index < -0.39 is 0 Å². The van der Waals surface area contributed by atoms with Crippen molar-refractivity contribution in [3.63, 3.8) is 0 Å². The zero-order chi connectivity index (χ0) is 19.2. The van der Waals surface area contributed by atoms with E-state index in [1.54, 1.807) is 31.2 Å². The Balaban J connectivity index is 1.70. The number of hydrogen-bond acceptors (Lipinski definition) is 4. The molecule has 2 aromatic carbocycles. The number of thiophene rings is 1. The summed E-state index contributed by atoms with van der Waals surface area (Å²) in [5, 5.41) is 8.89. The van der Waals surface area contributed by atoms with Crippen molar-refractivity contribution in [3.05, 3.63) is 86.5 Å². The molecule has 3 rings (SSSR count). The highest BCUT2D eigenvalue weighted by molar-refractivity contribution is 9.10. The van der Waals surface area contributed by atoms with Crippen LogP contribution in [-0.4, -0.2) is 17.5 Å². The van der Waals surface area contributed by atoms with E-state index in [2.05, 4.69) is 31.8 Å². The predicted molar refractivity (Wildman–Crippen MR) is 113 cm³/mol. The van der Waals surface area contributed by atoms with Gasteiger partial charge < -0.3 is 5.32 Å². The average Bonchev–Trinajstić information content (AvgIpc) is 3.21. The van der Waals surface area contributed by atoms with Crippen molar-refractivity contribution < 1.29 is 9.59 Å². The molecule has 5 nitrogen and oxygen atoms in total. The number of nitrogens with one attached hydrogen (secondary N) is 2. The van der Waals surface area contributed by atoms with Crippen molar-refractivity contribution in [2.45, 2.75) is 6.92 Å². The van der Waals surface area contributed by atoms with E-state index in [0.717, 1.165) is 5.56 Å². The molecule has 0 unspecified atom stereocenters. The van der Waals surface area contributed by atoms with E-state index in [1.165, 1.54) is 11.3 Å². The number of nitrogens with zero attached hydrogens (tertiary/aromatic N) is 1. The minimum Gasteiger partial charge on any atom is -0.321 e. The first-order valence-electron chi connectivity index (χ1n) is 8.09. The van der Waals surface area contributed by atoms with Crippen LogP contribution in [0.3, 0.4) is 0 Å². The van der Waals surface area contributed by atoms with Crippen molar-refractivity contribution in [2.75, 3.05) is 5.32 Å². The van der Waals surface area contributed by atoms with Crippen LogP contribution in [0.1, 0.15) is 32.5 Å². The van der Waals surface area contributed by atoms with E-state index >= 15 is 0 Å². The van der Waals surface area contributed by atoms with Crippen LogP contribution in [0, 0.1) is 0 Å². The Bertz CT molecular complexity index is 1000. The molecule has 27 heavy (non-hydrogen) atoms. The third kappa shape index (κ3) is 4.90. The highest BCUT2D eigenvalue weighted by atomic mass is 79.9. The molecule has 2 amide bonds. The molecule has 3 aromatic rings. The summed E-state index contributed by atoms with van der Waals surface area (Å²) < 4.78 is 0.702. The Kier molecular flexibility index (Phi) is 6.16. The lowest BCUT2D eigenvalue weighted by atomic mass is 10.1. The molecule has 0 saturated carbocycles. The lowest BCUT2D eigenvalue weighted by Crippen LogP contribution is -2.19. The van der Waals surface area contributed by atoms with Gasteiger partial charge in [-0.25, -0.2) is 5.43 Å². The van der Waals surface area contributed by atoms with Crippen LogP contribution in [0.2, 0.25) is 0 Å². The van der Waals surface area contributed by atoms with Gasteiger partial charge in [-0.2, -0.15) is 5.10 Å². The van der Waals surface area contributed by atoms with Gasteiger partial charge in [-0.3, -0.25) is 9.59 Å². The monoisotopic (exact) mass is 441 g/mol. The highest BCUT2D eigenvalue weighted by Crippen LogP contribution is 2.17. The van der Waals surface area contributed by atoms with Crippen LogP contribution in [0.5, 0.6) is 0 Å². The van der Waals surface area contributed by atoms with Crippen LogP contribution < -0.4 is 10.7 Å². The van der Waals surface area contributed by atoms with Gasteiger partial charge in [0.2, 0.25) is 0 Å². The summed E-state index contributed by atoms with van der Waals surface area (Å²) in [6, 6.07) is 18.1. The molecule has 2 N–H and O–H groups in total. The van der Waals surface area contributed by atoms with Crippen molar-refractivity contribution in [2.24, 2.45) is 5.10 Å². The van der Waals surface area contributed by atoms with Crippen molar-refractivity contribution in [1.29, 1.82) is 0 Å². The van der Waals surface area contributed by atoms with Gasteiger partial charge in [-0.15, -0.1) is 11.3 Å². The number of halogens is 1. The van der Waals surface area contributed by atoms with Crippen molar-refractivity contribution in [3.8, 4) is 0 Å². The number of carbonyl (C=O) groups excluding carboxylic acids is 2. The SMILES string of the molecule is C/C(=N\NC(=O)c1ccccc1Br)c1cccc(NC(=O)c2cccs2)c1. The van der Waals surface area contributed by atoms with Gasteiger partial charge in [-0.05, 0) is 64.1 Å². The molecule has 0 spiro atoms. The fraction of sp³-hybridized carbons (Fsp3) is 0.0500. The molecule has 1 aromatic heterocycles. The number of carbonyl (C=O) groups is 2. The Morgan fingerprint density at radius 2 is 1.81 bits per heavy atom. The van der Waals surface area contributed by atoms with Crippen molar-refractivity contribution >= 4 is 50.5 Å². The Morgan fingerprint density at radius 1 is 1.00 bits per heavy atom. The van der Waals surface area contributed by atoms with E-state index in [0.29, 0.717) is 26.3 Å². The van der Waals surface area contributed by atoms with Gasteiger partial charge in [0.05, 0.1) is 16.2 Å². The van der Waals surface area contributed by atoms with Crippen LogP contribution in [-0.2, 0) is 0 Å². The minimum atomic E-state index is -0.302. The maximum Gasteiger partial charge on any atom is 0.272 e. The summed E-state index contributed by atoms with van der Waals surface area (Å²) in [5.41, 5.74) is 5.15. The fourth-order valence-electron chi connectivity index (χ4n) is 2.33. The van der Waals surface area contributed by atoms with E-state index in [1.807, 2.05) is 41.8 Å². The zero-order valence-electron chi connectivity index (χ0n) is 14.4. The summed E-state index contributed by atoms with van der Waals surface area (Å²) in [6.45, 7) is 1.79.